The number of likely N-dealkylation sites (tertiary alicyclic amines) is 2. The molecule has 4 amide bonds. The quantitative estimate of drug-likeness (QED) is 0.427. The van der Waals surface area contributed by atoms with Crippen molar-refractivity contribution >= 4 is 35.4 Å². The van der Waals surface area contributed by atoms with Crippen molar-refractivity contribution < 1.29 is 19.2 Å². The molecule has 1 atom stereocenters. The Balaban J connectivity index is 0.00000163. The van der Waals surface area contributed by atoms with Crippen LogP contribution in [0, 0.1) is 0 Å². The molecule has 7 heteroatoms. The molecule has 0 aromatic rings. The summed E-state index contributed by atoms with van der Waals surface area (Å²) in [4.78, 5) is 49.9. The topological polar surface area (TPSA) is 74.8 Å². The van der Waals surface area contributed by atoms with E-state index < -0.39 is 0 Å². The summed E-state index contributed by atoms with van der Waals surface area (Å²) in [5, 5.41) is -0.298. The van der Waals surface area contributed by atoms with Crippen molar-refractivity contribution in [3.63, 3.8) is 0 Å². The summed E-state index contributed by atoms with van der Waals surface area (Å²) in [6.45, 7) is 6.43. The highest BCUT2D eigenvalue weighted by Gasteiger charge is 2.39. The molecule has 2 fully saturated rings. The summed E-state index contributed by atoms with van der Waals surface area (Å²) in [6.07, 6.45) is 6.61. The van der Waals surface area contributed by atoms with E-state index in [1.54, 1.807) is 11.8 Å². The molecule has 2 heterocycles. The largest absolute Gasteiger partial charge is 0.281 e. The van der Waals surface area contributed by atoms with Gasteiger partial charge >= 0.3 is 0 Å². The van der Waals surface area contributed by atoms with Gasteiger partial charge < -0.3 is 0 Å². The van der Waals surface area contributed by atoms with Crippen LogP contribution in [0.25, 0.3) is 0 Å². The molecule has 1 unspecified atom stereocenters. The lowest BCUT2D eigenvalue weighted by Crippen LogP contribution is -2.40. The molecular formula is C19H32N2O4S. The van der Waals surface area contributed by atoms with Crippen molar-refractivity contribution in [2.45, 2.75) is 77.4 Å². The van der Waals surface area contributed by atoms with Crippen LogP contribution in [0.4, 0.5) is 0 Å². The molecule has 26 heavy (non-hydrogen) atoms. The summed E-state index contributed by atoms with van der Waals surface area (Å²) < 4.78 is 0. The van der Waals surface area contributed by atoms with Gasteiger partial charge in [0.2, 0.25) is 23.6 Å². The molecule has 0 aliphatic carbocycles. The fourth-order valence-electron chi connectivity index (χ4n) is 3.02. The predicted molar refractivity (Wildman–Crippen MR) is 104 cm³/mol. The van der Waals surface area contributed by atoms with Crippen molar-refractivity contribution in [1.82, 2.24) is 9.80 Å². The summed E-state index contributed by atoms with van der Waals surface area (Å²) in [5.41, 5.74) is 0. The molecule has 0 bridgehead atoms. The van der Waals surface area contributed by atoms with Crippen molar-refractivity contribution in [1.29, 1.82) is 0 Å². The van der Waals surface area contributed by atoms with Gasteiger partial charge in [0.15, 0.2) is 0 Å². The predicted octanol–water partition coefficient (Wildman–Crippen LogP) is 2.99. The molecule has 148 valence electrons. The van der Waals surface area contributed by atoms with E-state index in [1.807, 2.05) is 13.8 Å². The third-order valence-electron chi connectivity index (χ3n) is 4.47. The minimum absolute atomic E-state index is 0.128. The average molecular weight is 385 g/mol. The zero-order chi connectivity index (χ0) is 19.5. The second-order valence-corrected chi connectivity index (χ2v) is 7.61. The molecular weight excluding hydrogens is 352 g/mol. The van der Waals surface area contributed by atoms with Gasteiger partial charge in [-0.05, 0) is 12.2 Å². The lowest BCUT2D eigenvalue weighted by atomic mass is 10.2. The molecule has 0 spiro atoms. The van der Waals surface area contributed by atoms with Crippen molar-refractivity contribution in [3.8, 4) is 0 Å². The number of hydrogen-bond donors (Lipinski definition) is 0. The van der Waals surface area contributed by atoms with E-state index in [2.05, 4.69) is 6.92 Å². The Hall–Kier alpha value is -1.37. The summed E-state index contributed by atoms with van der Waals surface area (Å²) >= 11 is 1.56. The number of imide groups is 2. The van der Waals surface area contributed by atoms with Crippen LogP contribution in [0.1, 0.15) is 72.1 Å². The third kappa shape index (κ3) is 6.41. The van der Waals surface area contributed by atoms with Gasteiger partial charge in [0, 0.05) is 32.4 Å². The highest BCUT2D eigenvalue weighted by atomic mass is 32.2. The molecule has 2 aliphatic rings. The maximum Gasteiger partial charge on any atom is 0.242 e. The second-order valence-electron chi connectivity index (χ2n) is 6.30. The van der Waals surface area contributed by atoms with Gasteiger partial charge in [0.1, 0.15) is 0 Å². The zero-order valence-corrected chi connectivity index (χ0v) is 17.1. The molecule has 0 aromatic heterocycles. The van der Waals surface area contributed by atoms with Crippen LogP contribution in [0.15, 0.2) is 0 Å². The lowest BCUT2D eigenvalue weighted by Gasteiger charge is -2.19. The minimum atomic E-state index is -0.298. The summed E-state index contributed by atoms with van der Waals surface area (Å²) in [5.74, 6) is 0.110. The van der Waals surface area contributed by atoms with Crippen LogP contribution in [0.2, 0.25) is 0 Å². The fraction of sp³-hybridized carbons (Fsp3) is 0.789. The Morgan fingerprint density at radius 2 is 1.42 bits per heavy atom. The lowest BCUT2D eigenvalue weighted by molar-refractivity contribution is -0.143. The molecule has 6 nitrogen and oxygen atoms in total. The molecule has 0 aromatic carbocycles. The van der Waals surface area contributed by atoms with E-state index >= 15 is 0 Å². The number of unbranched alkanes of at least 4 members (excludes halogenated alkanes) is 4. The van der Waals surface area contributed by atoms with Crippen LogP contribution < -0.4 is 0 Å². The Bertz CT molecular complexity index is 494. The highest BCUT2D eigenvalue weighted by Crippen LogP contribution is 2.26. The normalized spacial score (nSPS) is 20.0. The highest BCUT2D eigenvalue weighted by molar-refractivity contribution is 8.00. The SMILES string of the molecule is CC.CCCCCCCSC1CC(=O)N(CCN2C(=O)CCC2=O)C1=O. The van der Waals surface area contributed by atoms with Gasteiger partial charge in [-0.1, -0.05) is 46.5 Å². The first-order chi connectivity index (χ1) is 12.5. The van der Waals surface area contributed by atoms with E-state index in [0.29, 0.717) is 0 Å². The van der Waals surface area contributed by atoms with E-state index in [9.17, 15) is 19.2 Å². The van der Waals surface area contributed by atoms with Gasteiger partial charge in [-0.15, -0.1) is 11.8 Å². The Morgan fingerprint density at radius 3 is 2.04 bits per heavy atom. The maximum absolute atomic E-state index is 12.3. The van der Waals surface area contributed by atoms with Crippen molar-refractivity contribution in [3.05, 3.63) is 0 Å². The van der Waals surface area contributed by atoms with Crippen molar-refractivity contribution in [2.75, 3.05) is 18.8 Å². The Kier molecular flexibility index (Phi) is 10.5. The minimum Gasteiger partial charge on any atom is -0.281 e. The van der Waals surface area contributed by atoms with E-state index in [4.69, 9.17) is 0 Å². The zero-order valence-electron chi connectivity index (χ0n) is 16.3. The number of nitrogens with zero attached hydrogens (tertiary/aromatic N) is 2. The van der Waals surface area contributed by atoms with Crippen molar-refractivity contribution in [2.24, 2.45) is 0 Å². The van der Waals surface area contributed by atoms with Gasteiger partial charge in [0.25, 0.3) is 0 Å². The van der Waals surface area contributed by atoms with Gasteiger partial charge in [-0.3, -0.25) is 29.0 Å². The monoisotopic (exact) mass is 384 g/mol. The molecule has 0 radical (unpaired) electrons. The van der Waals surface area contributed by atoms with E-state index in [-0.39, 0.29) is 61.2 Å². The number of carbonyl (C=O) groups is 4. The molecule has 0 N–H and O–H groups in total. The number of carbonyl (C=O) groups excluding carboxylic acids is 4. The first kappa shape index (κ1) is 22.7. The standard InChI is InChI=1S/C17H26N2O4S.C2H6/c1-2-3-4-5-6-11-24-13-12-16(22)19(17(13)23)10-9-18-14(20)7-8-15(18)21;1-2/h13H,2-12H2,1H3;1-2H3. The number of rotatable bonds is 10. The second kappa shape index (κ2) is 12.1. The van der Waals surface area contributed by atoms with Crippen LogP contribution in [0.3, 0.4) is 0 Å². The van der Waals surface area contributed by atoms with E-state index in [1.165, 1.54) is 30.6 Å². The molecule has 2 rings (SSSR count). The first-order valence-corrected chi connectivity index (χ1v) is 10.9. The number of hydrogen-bond acceptors (Lipinski definition) is 5. The van der Waals surface area contributed by atoms with Crippen LogP contribution in [-0.2, 0) is 19.2 Å². The summed E-state index contributed by atoms with van der Waals surface area (Å²) in [7, 11) is 0. The van der Waals surface area contributed by atoms with Gasteiger partial charge in [-0.25, -0.2) is 0 Å². The fourth-order valence-corrected chi connectivity index (χ4v) is 4.21. The Labute approximate surface area is 161 Å². The first-order valence-electron chi connectivity index (χ1n) is 9.83. The Morgan fingerprint density at radius 1 is 0.846 bits per heavy atom. The van der Waals surface area contributed by atoms with Crippen LogP contribution >= 0.6 is 11.8 Å². The smallest absolute Gasteiger partial charge is 0.242 e. The third-order valence-corrected chi connectivity index (χ3v) is 5.77. The van der Waals surface area contributed by atoms with Crippen LogP contribution in [0.5, 0.6) is 0 Å². The molecule has 0 saturated carbocycles. The maximum atomic E-state index is 12.3. The average Bonchev–Trinajstić information content (AvgIpc) is 3.10. The van der Waals surface area contributed by atoms with Gasteiger partial charge in [-0.2, -0.15) is 0 Å². The van der Waals surface area contributed by atoms with Gasteiger partial charge in [0.05, 0.1) is 5.25 Å². The van der Waals surface area contributed by atoms with E-state index in [0.717, 1.165) is 17.1 Å². The molecule has 2 aliphatic heterocycles. The van der Waals surface area contributed by atoms with Crippen LogP contribution in [-0.4, -0.2) is 57.5 Å². The number of amides is 4. The number of thioether (sulfide) groups is 1. The molecule has 2 saturated heterocycles. The summed E-state index contributed by atoms with van der Waals surface area (Å²) in [6, 6.07) is 0.